The summed E-state index contributed by atoms with van der Waals surface area (Å²) in [5.74, 6) is -0.0936. The van der Waals surface area contributed by atoms with E-state index in [2.05, 4.69) is 34.3 Å². The Morgan fingerprint density at radius 1 is 1.11 bits per heavy atom. The van der Waals surface area contributed by atoms with E-state index in [9.17, 15) is 23.1 Å². The van der Waals surface area contributed by atoms with Gasteiger partial charge in [0, 0.05) is 23.1 Å². The number of carbonyl (C=O) groups excluding carboxylic acids is 1. The summed E-state index contributed by atoms with van der Waals surface area (Å²) in [6.07, 6.45) is 1.92. The minimum absolute atomic E-state index is 0.219. The number of hydrogen-bond acceptors (Lipinski definition) is 6. The Morgan fingerprint density at radius 2 is 1.78 bits per heavy atom. The van der Waals surface area contributed by atoms with Gasteiger partial charge in [0.2, 0.25) is 0 Å². The van der Waals surface area contributed by atoms with E-state index in [1.54, 1.807) is 17.1 Å². The van der Waals surface area contributed by atoms with Crippen LogP contribution in [0.4, 0.5) is 18.9 Å². The second kappa shape index (κ2) is 14.9. The molecule has 4 rings (SSSR count). The highest BCUT2D eigenvalue weighted by molar-refractivity contribution is 7.10. The molecule has 4 aromatic rings. The number of thiophene rings is 1. The van der Waals surface area contributed by atoms with Crippen molar-refractivity contribution >= 4 is 34.5 Å². The molecule has 45 heavy (non-hydrogen) atoms. The number of nitrogens with zero attached hydrogens (tertiary/aromatic N) is 5. The molecule has 2 unspecified atom stereocenters. The number of aliphatic hydroxyl groups is 1. The molecule has 0 saturated heterocycles. The van der Waals surface area contributed by atoms with Gasteiger partial charge in [0.25, 0.3) is 5.91 Å². The summed E-state index contributed by atoms with van der Waals surface area (Å²) in [6, 6.07) is 9.48. The summed E-state index contributed by atoms with van der Waals surface area (Å²) < 4.78 is 41.7. The predicted octanol–water partition coefficient (Wildman–Crippen LogP) is 8.24. The third-order valence-corrected chi connectivity index (χ3v) is 8.98. The number of nitrogens with one attached hydrogen (secondary N) is 1. The van der Waals surface area contributed by atoms with Crippen LogP contribution in [0.3, 0.4) is 0 Å². The van der Waals surface area contributed by atoms with Gasteiger partial charge in [0.1, 0.15) is 12.7 Å². The smallest absolute Gasteiger partial charge is 0.387 e. The molecule has 1 aromatic carbocycles. The van der Waals surface area contributed by atoms with Crippen molar-refractivity contribution in [3.8, 4) is 0 Å². The highest BCUT2D eigenvalue weighted by Gasteiger charge is 2.40. The molecule has 246 valence electrons. The molecule has 0 aliphatic rings. The van der Waals surface area contributed by atoms with Crippen LogP contribution in [-0.2, 0) is 26.2 Å². The van der Waals surface area contributed by atoms with E-state index >= 15 is 0 Å². The number of anilines is 1. The Bertz CT molecular complexity index is 1510. The molecule has 3 aromatic heterocycles. The summed E-state index contributed by atoms with van der Waals surface area (Å²) in [4.78, 5) is 17.2. The molecule has 8 nitrogen and oxygen atoms in total. The van der Waals surface area contributed by atoms with Gasteiger partial charge >= 0.3 is 6.18 Å². The first-order valence-corrected chi connectivity index (χ1v) is 15.9. The van der Waals surface area contributed by atoms with Crippen molar-refractivity contribution in [1.82, 2.24) is 24.5 Å². The van der Waals surface area contributed by atoms with Crippen LogP contribution in [0.25, 0.3) is 0 Å². The molecule has 0 fully saturated rings. The van der Waals surface area contributed by atoms with E-state index in [0.717, 1.165) is 33.6 Å². The molecule has 2 N–H and O–H groups in total. The van der Waals surface area contributed by atoms with Crippen LogP contribution in [0.2, 0.25) is 5.02 Å². The fourth-order valence-corrected chi connectivity index (χ4v) is 6.00. The Balaban J connectivity index is 0.000000248. The highest BCUT2D eigenvalue weighted by Crippen LogP contribution is 2.37. The maximum Gasteiger partial charge on any atom is 0.435 e. The summed E-state index contributed by atoms with van der Waals surface area (Å²) >= 11 is 7.40. The van der Waals surface area contributed by atoms with E-state index in [1.165, 1.54) is 30.3 Å². The lowest BCUT2D eigenvalue weighted by Crippen LogP contribution is -2.47. The summed E-state index contributed by atoms with van der Waals surface area (Å²) in [6.45, 7) is 12.8. The Labute approximate surface area is 271 Å². The topological polar surface area (TPSA) is 97.9 Å². The molecule has 13 heteroatoms. The highest BCUT2D eigenvalue weighted by atomic mass is 35.5. The molecule has 3 heterocycles. The van der Waals surface area contributed by atoms with Crippen LogP contribution in [-0.4, -0.2) is 41.2 Å². The summed E-state index contributed by atoms with van der Waals surface area (Å²) in [5.41, 5.74) is -1.03. The number of hydrogen-bond donors (Lipinski definition) is 2. The lowest BCUT2D eigenvalue weighted by atomic mass is 9.73. The number of benzene rings is 1. The first-order valence-electron chi connectivity index (χ1n) is 14.7. The van der Waals surface area contributed by atoms with Crippen LogP contribution in [0, 0.1) is 11.3 Å². The Kier molecular flexibility index (Phi) is 12.0. The van der Waals surface area contributed by atoms with Crippen LogP contribution in [0.5, 0.6) is 0 Å². The van der Waals surface area contributed by atoms with E-state index in [4.69, 9.17) is 11.6 Å². The molecule has 0 saturated carbocycles. The van der Waals surface area contributed by atoms with Gasteiger partial charge in [0.05, 0.1) is 23.4 Å². The predicted molar refractivity (Wildman–Crippen MR) is 173 cm³/mol. The number of alkyl halides is 3. The number of aromatic nitrogens is 5. The lowest BCUT2D eigenvalue weighted by molar-refractivity contribution is -0.141. The fourth-order valence-electron chi connectivity index (χ4n) is 4.95. The van der Waals surface area contributed by atoms with E-state index in [0.29, 0.717) is 24.6 Å². The zero-order chi connectivity index (χ0) is 33.6. The minimum Gasteiger partial charge on any atom is -0.387 e. The number of aryl methyl sites for hydroxylation is 2. The standard InChI is InChI=1S/C16H22ClN3O.C16H20F3N3OS/c1-15(2,3)16(21,10-20-12-18-11-19-20)9-8-13-4-6-14(17)7-5-13;1-9(2)7-10(3)13-12(5-6-24-13)20-15(23)11-8-22(4)21-14(11)16(17,18)19/h4-7,11-12,21H,8-10H2,1-3H3;5-6,8-10H,7H2,1-4H3,(H,20,23). The average Bonchev–Trinajstić information content (AvgIpc) is 3.69. The van der Waals surface area contributed by atoms with Crippen molar-refractivity contribution in [3.05, 3.63) is 81.3 Å². The quantitative estimate of drug-likeness (QED) is 0.178. The number of rotatable bonds is 10. The van der Waals surface area contributed by atoms with Gasteiger partial charge in [-0.15, -0.1) is 11.3 Å². The van der Waals surface area contributed by atoms with Crippen LogP contribution < -0.4 is 5.32 Å². The molecule has 0 spiro atoms. The second-order valence-corrected chi connectivity index (χ2v) is 14.1. The van der Waals surface area contributed by atoms with Crippen molar-refractivity contribution in [2.24, 2.45) is 18.4 Å². The second-order valence-electron chi connectivity index (χ2n) is 12.7. The van der Waals surface area contributed by atoms with Crippen molar-refractivity contribution in [1.29, 1.82) is 0 Å². The van der Waals surface area contributed by atoms with Crippen LogP contribution >= 0.6 is 22.9 Å². The van der Waals surface area contributed by atoms with Crippen LogP contribution in [0.15, 0.2) is 54.6 Å². The van der Waals surface area contributed by atoms with E-state index in [-0.39, 0.29) is 11.3 Å². The van der Waals surface area contributed by atoms with Gasteiger partial charge in [-0.25, -0.2) is 4.98 Å². The molecule has 0 aliphatic carbocycles. The third-order valence-electron chi connectivity index (χ3n) is 7.58. The van der Waals surface area contributed by atoms with Gasteiger partial charge < -0.3 is 10.4 Å². The third kappa shape index (κ3) is 10.1. The molecule has 0 bridgehead atoms. The largest absolute Gasteiger partial charge is 0.435 e. The SMILES string of the molecule is CC(C)(C)C(O)(CCc1ccc(Cl)cc1)Cn1cncn1.CC(C)CC(C)c1sccc1NC(=O)c1cn(C)nc1C(F)(F)F. The maximum absolute atomic E-state index is 13.0. The molecule has 0 aliphatic heterocycles. The molecule has 2 atom stereocenters. The number of carbonyl (C=O) groups is 1. The first-order chi connectivity index (χ1) is 20.9. The molecule has 0 radical (unpaired) electrons. The zero-order valence-electron chi connectivity index (χ0n) is 26.7. The summed E-state index contributed by atoms with van der Waals surface area (Å²) in [7, 11) is 1.35. The molecular weight excluding hydrogens is 625 g/mol. The van der Waals surface area contributed by atoms with Gasteiger partial charge in [0.15, 0.2) is 5.69 Å². The van der Waals surface area contributed by atoms with Crippen molar-refractivity contribution < 1.29 is 23.1 Å². The zero-order valence-corrected chi connectivity index (χ0v) is 28.3. The first kappa shape index (κ1) is 36.3. The van der Waals surface area contributed by atoms with E-state index < -0.39 is 28.9 Å². The fraction of sp³-hybridized carbons (Fsp3) is 0.500. The van der Waals surface area contributed by atoms with Crippen LogP contribution in [0.1, 0.15) is 86.8 Å². The van der Waals surface area contributed by atoms with Gasteiger partial charge in [-0.3, -0.25) is 14.2 Å². The van der Waals surface area contributed by atoms with Gasteiger partial charge in [-0.1, -0.05) is 65.3 Å². The average molecular weight is 667 g/mol. The lowest BCUT2D eigenvalue weighted by Gasteiger charge is -2.40. The molecular formula is C32H42ClF3N6O2S. The normalized spacial score (nSPS) is 14.1. The number of halogens is 4. The summed E-state index contributed by atoms with van der Waals surface area (Å²) in [5, 5.41) is 23.8. The van der Waals surface area contributed by atoms with Gasteiger partial charge in [-0.2, -0.15) is 23.4 Å². The van der Waals surface area contributed by atoms with Gasteiger partial charge in [-0.05, 0) is 65.7 Å². The number of amides is 1. The van der Waals surface area contributed by atoms with Crippen molar-refractivity contribution in [2.45, 2.75) is 85.0 Å². The monoisotopic (exact) mass is 666 g/mol. The maximum atomic E-state index is 13.0. The van der Waals surface area contributed by atoms with Crippen molar-refractivity contribution in [3.63, 3.8) is 0 Å². The Morgan fingerprint density at radius 3 is 2.33 bits per heavy atom. The minimum atomic E-state index is -4.67. The Hall–Kier alpha value is -3.22. The molecule has 1 amide bonds. The van der Waals surface area contributed by atoms with E-state index in [1.807, 2.05) is 57.3 Å². The van der Waals surface area contributed by atoms with Crippen molar-refractivity contribution in [2.75, 3.05) is 5.32 Å².